The predicted molar refractivity (Wildman–Crippen MR) is 61.1 cm³/mol. The second kappa shape index (κ2) is 4.85. The van der Waals surface area contributed by atoms with Gasteiger partial charge in [-0.2, -0.15) is 5.26 Å². The first-order chi connectivity index (χ1) is 7.03. The summed E-state index contributed by atoms with van der Waals surface area (Å²) in [6, 6.07) is 7.16. The molecule has 0 saturated carbocycles. The molecule has 0 aromatic heterocycles. The molecule has 1 rings (SSSR count). The highest BCUT2D eigenvalue weighted by Gasteiger charge is 2.28. The normalized spacial score (nSPS) is 14.3. The SMILES string of the molecule is CC(C#N)(CCO)c1cc(Cl)ccc1Cl. The minimum absolute atomic E-state index is 0.0626. The molecule has 0 aliphatic rings. The van der Waals surface area contributed by atoms with Crippen LogP contribution in [0.1, 0.15) is 18.9 Å². The summed E-state index contributed by atoms with van der Waals surface area (Å²) < 4.78 is 0. The van der Waals surface area contributed by atoms with Crippen LogP contribution in [0.2, 0.25) is 10.0 Å². The minimum atomic E-state index is -0.795. The van der Waals surface area contributed by atoms with E-state index in [1.54, 1.807) is 25.1 Å². The van der Waals surface area contributed by atoms with Gasteiger partial charge in [0.25, 0.3) is 0 Å². The Bertz CT molecular complexity index is 400. The van der Waals surface area contributed by atoms with Gasteiger partial charge in [0, 0.05) is 16.7 Å². The van der Waals surface area contributed by atoms with E-state index >= 15 is 0 Å². The van der Waals surface area contributed by atoms with Crippen molar-refractivity contribution in [3.05, 3.63) is 33.8 Å². The lowest BCUT2D eigenvalue weighted by Gasteiger charge is -2.22. The van der Waals surface area contributed by atoms with Crippen LogP contribution in [-0.2, 0) is 5.41 Å². The number of aliphatic hydroxyl groups excluding tert-OH is 1. The second-order valence-corrected chi connectivity index (χ2v) is 4.39. The van der Waals surface area contributed by atoms with E-state index in [0.717, 1.165) is 0 Å². The van der Waals surface area contributed by atoms with Crippen LogP contribution in [0.4, 0.5) is 0 Å². The number of hydrogen-bond donors (Lipinski definition) is 1. The fourth-order valence-electron chi connectivity index (χ4n) is 1.39. The van der Waals surface area contributed by atoms with E-state index in [9.17, 15) is 0 Å². The minimum Gasteiger partial charge on any atom is -0.396 e. The van der Waals surface area contributed by atoms with Gasteiger partial charge < -0.3 is 5.11 Å². The molecule has 0 amide bonds. The number of halogens is 2. The maximum atomic E-state index is 9.12. The van der Waals surface area contributed by atoms with Gasteiger partial charge in [0.15, 0.2) is 0 Å². The molecule has 1 N–H and O–H groups in total. The third-order valence-corrected chi connectivity index (χ3v) is 2.95. The molecule has 0 aliphatic heterocycles. The van der Waals surface area contributed by atoms with Crippen molar-refractivity contribution in [3.8, 4) is 6.07 Å². The van der Waals surface area contributed by atoms with E-state index in [1.807, 2.05) is 0 Å². The number of nitriles is 1. The van der Waals surface area contributed by atoms with Crippen molar-refractivity contribution in [2.45, 2.75) is 18.8 Å². The van der Waals surface area contributed by atoms with Gasteiger partial charge in [0.05, 0.1) is 11.5 Å². The Morgan fingerprint density at radius 3 is 2.67 bits per heavy atom. The average Bonchev–Trinajstić information content (AvgIpc) is 2.22. The summed E-state index contributed by atoms with van der Waals surface area (Å²) >= 11 is 11.9. The molecule has 0 saturated heterocycles. The van der Waals surface area contributed by atoms with Crippen molar-refractivity contribution in [3.63, 3.8) is 0 Å². The Balaban J connectivity index is 3.24. The molecule has 15 heavy (non-hydrogen) atoms. The fraction of sp³-hybridized carbons (Fsp3) is 0.364. The van der Waals surface area contributed by atoms with Crippen molar-refractivity contribution in [1.82, 2.24) is 0 Å². The lowest BCUT2D eigenvalue weighted by atomic mass is 9.81. The third kappa shape index (κ3) is 2.63. The number of nitrogens with zero attached hydrogens (tertiary/aromatic N) is 1. The second-order valence-electron chi connectivity index (χ2n) is 3.54. The van der Waals surface area contributed by atoms with Crippen LogP contribution < -0.4 is 0 Å². The summed E-state index contributed by atoms with van der Waals surface area (Å²) in [6.45, 7) is 1.67. The first kappa shape index (κ1) is 12.3. The van der Waals surface area contributed by atoms with Crippen molar-refractivity contribution >= 4 is 23.2 Å². The van der Waals surface area contributed by atoms with E-state index < -0.39 is 5.41 Å². The van der Waals surface area contributed by atoms with Crippen molar-refractivity contribution < 1.29 is 5.11 Å². The quantitative estimate of drug-likeness (QED) is 0.887. The Morgan fingerprint density at radius 1 is 1.47 bits per heavy atom. The molecule has 2 nitrogen and oxygen atoms in total. The van der Waals surface area contributed by atoms with Crippen LogP contribution in [0.3, 0.4) is 0 Å². The summed E-state index contributed by atoms with van der Waals surface area (Å²) in [5.41, 5.74) is -0.135. The molecule has 0 aliphatic carbocycles. The molecule has 80 valence electrons. The van der Waals surface area contributed by atoms with Crippen LogP contribution in [0.5, 0.6) is 0 Å². The van der Waals surface area contributed by atoms with E-state index in [2.05, 4.69) is 6.07 Å². The van der Waals surface area contributed by atoms with Crippen molar-refractivity contribution in [2.75, 3.05) is 6.61 Å². The standard InChI is InChI=1S/C11H11Cl2NO/c1-11(7-14,4-5-15)9-6-8(12)2-3-10(9)13/h2-3,6,15H,4-5H2,1H3. The number of aliphatic hydroxyl groups is 1. The molecule has 1 aromatic rings. The molecule has 1 aromatic carbocycles. The van der Waals surface area contributed by atoms with E-state index in [1.165, 1.54) is 0 Å². The molecular weight excluding hydrogens is 233 g/mol. The number of rotatable bonds is 3. The van der Waals surface area contributed by atoms with E-state index in [-0.39, 0.29) is 6.61 Å². The average molecular weight is 244 g/mol. The van der Waals surface area contributed by atoms with Gasteiger partial charge in [0.1, 0.15) is 0 Å². The van der Waals surface area contributed by atoms with Gasteiger partial charge in [-0.15, -0.1) is 0 Å². The summed E-state index contributed by atoms with van der Waals surface area (Å²) in [5, 5.41) is 19.1. The van der Waals surface area contributed by atoms with Gasteiger partial charge in [-0.3, -0.25) is 0 Å². The Labute approximate surface area is 99.0 Å². The van der Waals surface area contributed by atoms with Crippen LogP contribution >= 0.6 is 23.2 Å². The first-order valence-electron chi connectivity index (χ1n) is 4.51. The molecule has 0 spiro atoms. The smallest absolute Gasteiger partial charge is 0.0830 e. The zero-order valence-electron chi connectivity index (χ0n) is 8.30. The molecule has 1 unspecified atom stereocenters. The summed E-state index contributed by atoms with van der Waals surface area (Å²) in [7, 11) is 0. The zero-order chi connectivity index (χ0) is 11.5. The largest absolute Gasteiger partial charge is 0.396 e. The highest BCUT2D eigenvalue weighted by molar-refractivity contribution is 6.33. The van der Waals surface area contributed by atoms with Gasteiger partial charge in [-0.25, -0.2) is 0 Å². The summed E-state index contributed by atoms with van der Waals surface area (Å²) in [5.74, 6) is 0. The molecule has 0 heterocycles. The topological polar surface area (TPSA) is 44.0 Å². The Morgan fingerprint density at radius 2 is 2.13 bits per heavy atom. The van der Waals surface area contributed by atoms with Gasteiger partial charge in [-0.05, 0) is 37.1 Å². The summed E-state index contributed by atoms with van der Waals surface area (Å²) in [4.78, 5) is 0. The van der Waals surface area contributed by atoms with E-state index in [0.29, 0.717) is 22.0 Å². The highest BCUT2D eigenvalue weighted by atomic mass is 35.5. The molecule has 4 heteroatoms. The molecule has 0 radical (unpaired) electrons. The third-order valence-electron chi connectivity index (χ3n) is 2.38. The zero-order valence-corrected chi connectivity index (χ0v) is 9.81. The lowest BCUT2D eigenvalue weighted by molar-refractivity contribution is 0.264. The van der Waals surface area contributed by atoms with Crippen molar-refractivity contribution in [1.29, 1.82) is 5.26 Å². The van der Waals surface area contributed by atoms with Crippen LogP contribution in [-0.4, -0.2) is 11.7 Å². The molecule has 1 atom stereocenters. The monoisotopic (exact) mass is 243 g/mol. The Kier molecular flexibility index (Phi) is 3.98. The molecular formula is C11H11Cl2NO. The van der Waals surface area contributed by atoms with Gasteiger partial charge in [-0.1, -0.05) is 23.2 Å². The van der Waals surface area contributed by atoms with Crippen LogP contribution in [0, 0.1) is 11.3 Å². The van der Waals surface area contributed by atoms with Gasteiger partial charge in [0.2, 0.25) is 0 Å². The van der Waals surface area contributed by atoms with E-state index in [4.69, 9.17) is 33.6 Å². The van der Waals surface area contributed by atoms with Crippen LogP contribution in [0.15, 0.2) is 18.2 Å². The molecule has 0 bridgehead atoms. The fourth-order valence-corrected chi connectivity index (χ4v) is 1.89. The van der Waals surface area contributed by atoms with Gasteiger partial charge >= 0.3 is 0 Å². The lowest BCUT2D eigenvalue weighted by Crippen LogP contribution is -2.21. The highest BCUT2D eigenvalue weighted by Crippen LogP contribution is 2.34. The maximum absolute atomic E-state index is 9.12. The number of hydrogen-bond acceptors (Lipinski definition) is 2. The first-order valence-corrected chi connectivity index (χ1v) is 5.27. The maximum Gasteiger partial charge on any atom is 0.0830 e. The molecule has 0 fully saturated rings. The van der Waals surface area contributed by atoms with Crippen LogP contribution in [0.25, 0.3) is 0 Å². The summed E-state index contributed by atoms with van der Waals surface area (Å²) in [6.07, 6.45) is 0.337. The number of benzene rings is 1. The predicted octanol–water partition coefficient (Wildman–Crippen LogP) is 3.16. The Hall–Kier alpha value is -0.750. The van der Waals surface area contributed by atoms with Crippen molar-refractivity contribution in [2.24, 2.45) is 0 Å².